The largest absolute Gasteiger partial charge is 0.378 e. The number of nitrogens with zero attached hydrogens (tertiary/aromatic N) is 1. The van der Waals surface area contributed by atoms with E-state index in [9.17, 15) is 9.59 Å². The topological polar surface area (TPSA) is 70.7 Å². The van der Waals surface area contributed by atoms with Gasteiger partial charge in [-0.25, -0.2) is 4.79 Å². The molecule has 1 aromatic carbocycles. The Labute approximate surface area is 161 Å². The quantitative estimate of drug-likeness (QED) is 0.779. The normalized spacial score (nSPS) is 17.2. The molecule has 1 fully saturated rings. The molecule has 27 heavy (non-hydrogen) atoms. The molecule has 0 atom stereocenters. The van der Waals surface area contributed by atoms with E-state index in [1.807, 2.05) is 25.1 Å². The van der Waals surface area contributed by atoms with E-state index in [2.05, 4.69) is 16.7 Å². The van der Waals surface area contributed by atoms with E-state index < -0.39 is 0 Å². The molecule has 0 saturated carbocycles. The van der Waals surface area contributed by atoms with Crippen LogP contribution in [0.15, 0.2) is 29.8 Å². The summed E-state index contributed by atoms with van der Waals surface area (Å²) in [6.45, 7) is 4.85. The number of hydrogen-bond acceptors (Lipinski definition) is 3. The zero-order valence-electron chi connectivity index (χ0n) is 16.1. The molecule has 0 radical (unpaired) electrons. The Morgan fingerprint density at radius 1 is 1.19 bits per heavy atom. The average Bonchev–Trinajstić information content (AvgIpc) is 2.70. The fourth-order valence-electron chi connectivity index (χ4n) is 3.57. The first-order valence-corrected chi connectivity index (χ1v) is 9.84. The molecule has 2 N–H and O–H groups in total. The van der Waals surface area contributed by atoms with Crippen molar-refractivity contribution in [1.29, 1.82) is 0 Å². The van der Waals surface area contributed by atoms with Gasteiger partial charge in [-0.05, 0) is 56.7 Å². The predicted octanol–water partition coefficient (Wildman–Crippen LogP) is 3.48. The molecule has 0 bridgehead atoms. The van der Waals surface area contributed by atoms with Crippen LogP contribution in [-0.2, 0) is 4.74 Å². The highest BCUT2D eigenvalue weighted by Gasteiger charge is 2.21. The molecule has 1 aliphatic carbocycles. The number of nitrogens with one attached hydrogen (secondary N) is 2. The lowest BCUT2D eigenvalue weighted by Gasteiger charge is -2.27. The van der Waals surface area contributed by atoms with Crippen molar-refractivity contribution in [3.63, 3.8) is 0 Å². The monoisotopic (exact) mass is 371 g/mol. The number of amides is 3. The number of urea groups is 1. The molecular formula is C21H29N3O3. The predicted molar refractivity (Wildman–Crippen MR) is 106 cm³/mol. The van der Waals surface area contributed by atoms with Crippen LogP contribution in [0.25, 0.3) is 0 Å². The van der Waals surface area contributed by atoms with Gasteiger partial charge in [0.05, 0.1) is 13.2 Å². The Bertz CT molecular complexity index is 709. The van der Waals surface area contributed by atoms with Crippen LogP contribution in [-0.4, -0.2) is 49.7 Å². The molecule has 3 amide bonds. The van der Waals surface area contributed by atoms with Crippen molar-refractivity contribution in [2.24, 2.45) is 0 Å². The molecule has 0 aromatic heterocycles. The SMILES string of the molecule is Cc1c(NC(=O)NCCC2=CCCCC2)cccc1C(=O)N1CCOCC1. The lowest BCUT2D eigenvalue weighted by Crippen LogP contribution is -2.41. The summed E-state index contributed by atoms with van der Waals surface area (Å²) < 4.78 is 5.31. The van der Waals surface area contributed by atoms with Crippen LogP contribution in [0.4, 0.5) is 10.5 Å². The van der Waals surface area contributed by atoms with Crippen molar-refractivity contribution >= 4 is 17.6 Å². The lowest BCUT2D eigenvalue weighted by molar-refractivity contribution is 0.0302. The fraction of sp³-hybridized carbons (Fsp3) is 0.524. The van der Waals surface area contributed by atoms with Gasteiger partial charge in [-0.15, -0.1) is 0 Å². The van der Waals surface area contributed by atoms with Crippen molar-refractivity contribution in [1.82, 2.24) is 10.2 Å². The molecule has 2 aliphatic rings. The highest BCUT2D eigenvalue weighted by atomic mass is 16.5. The summed E-state index contributed by atoms with van der Waals surface area (Å²) in [5, 5.41) is 5.80. The number of rotatable bonds is 5. The number of allylic oxidation sites excluding steroid dienone is 1. The first-order valence-electron chi connectivity index (χ1n) is 9.84. The molecule has 0 unspecified atom stereocenters. The Hall–Kier alpha value is -2.34. The molecule has 0 spiro atoms. The third-order valence-electron chi connectivity index (χ3n) is 5.23. The molecule has 1 aromatic rings. The van der Waals surface area contributed by atoms with Crippen LogP contribution in [0, 0.1) is 6.92 Å². The summed E-state index contributed by atoms with van der Waals surface area (Å²) in [4.78, 5) is 26.8. The van der Waals surface area contributed by atoms with Crippen LogP contribution in [0.5, 0.6) is 0 Å². The van der Waals surface area contributed by atoms with Crippen molar-refractivity contribution in [3.8, 4) is 0 Å². The second kappa shape index (κ2) is 9.55. The summed E-state index contributed by atoms with van der Waals surface area (Å²) in [5.41, 5.74) is 3.53. The number of hydrogen-bond donors (Lipinski definition) is 2. The molecule has 1 saturated heterocycles. The van der Waals surface area contributed by atoms with Gasteiger partial charge in [-0.3, -0.25) is 4.79 Å². The molecule has 3 rings (SSSR count). The van der Waals surface area contributed by atoms with E-state index in [-0.39, 0.29) is 11.9 Å². The summed E-state index contributed by atoms with van der Waals surface area (Å²) >= 11 is 0. The lowest BCUT2D eigenvalue weighted by atomic mass is 9.97. The van der Waals surface area contributed by atoms with Gasteiger partial charge in [0, 0.05) is 30.9 Å². The van der Waals surface area contributed by atoms with Crippen molar-refractivity contribution in [3.05, 3.63) is 41.0 Å². The average molecular weight is 371 g/mol. The maximum Gasteiger partial charge on any atom is 0.319 e. The smallest absolute Gasteiger partial charge is 0.319 e. The fourth-order valence-corrected chi connectivity index (χ4v) is 3.57. The van der Waals surface area contributed by atoms with Crippen LogP contribution in [0.3, 0.4) is 0 Å². The van der Waals surface area contributed by atoms with E-state index in [4.69, 9.17) is 4.74 Å². The van der Waals surface area contributed by atoms with Crippen molar-refractivity contribution < 1.29 is 14.3 Å². The van der Waals surface area contributed by atoms with Crippen LogP contribution < -0.4 is 10.6 Å². The van der Waals surface area contributed by atoms with E-state index >= 15 is 0 Å². The number of carbonyl (C=O) groups excluding carboxylic acids is 2. The standard InChI is InChI=1S/C21H29N3O3/c1-16-18(20(25)24-12-14-27-15-13-24)8-5-9-19(16)23-21(26)22-11-10-17-6-3-2-4-7-17/h5-6,8-9H,2-4,7,10-15H2,1H3,(H2,22,23,26). The Kier molecular flexibility index (Phi) is 6.87. The van der Waals surface area contributed by atoms with E-state index in [0.29, 0.717) is 44.1 Å². The van der Waals surface area contributed by atoms with Crippen molar-refractivity contribution in [2.75, 3.05) is 38.2 Å². The van der Waals surface area contributed by atoms with Gasteiger partial charge in [-0.2, -0.15) is 0 Å². The Morgan fingerprint density at radius 2 is 2.00 bits per heavy atom. The molecule has 1 heterocycles. The van der Waals surface area contributed by atoms with Gasteiger partial charge in [-0.1, -0.05) is 17.7 Å². The Balaban J connectivity index is 1.55. The molecule has 146 valence electrons. The van der Waals surface area contributed by atoms with E-state index in [0.717, 1.165) is 24.8 Å². The number of morpholine rings is 1. The van der Waals surface area contributed by atoms with Crippen LogP contribution in [0.1, 0.15) is 48.0 Å². The van der Waals surface area contributed by atoms with E-state index in [1.165, 1.54) is 18.4 Å². The maximum atomic E-state index is 12.7. The van der Waals surface area contributed by atoms with Gasteiger partial charge in [0.25, 0.3) is 5.91 Å². The first kappa shape index (κ1) is 19.4. The third kappa shape index (κ3) is 5.32. The van der Waals surface area contributed by atoms with Gasteiger partial charge >= 0.3 is 6.03 Å². The number of ether oxygens (including phenoxy) is 1. The number of carbonyl (C=O) groups is 2. The van der Waals surface area contributed by atoms with Crippen LogP contribution >= 0.6 is 0 Å². The minimum atomic E-state index is -0.231. The Morgan fingerprint density at radius 3 is 2.74 bits per heavy atom. The highest BCUT2D eigenvalue weighted by Crippen LogP contribution is 2.21. The second-order valence-corrected chi connectivity index (χ2v) is 7.12. The second-order valence-electron chi connectivity index (χ2n) is 7.12. The summed E-state index contributed by atoms with van der Waals surface area (Å²) in [7, 11) is 0. The van der Waals surface area contributed by atoms with Crippen molar-refractivity contribution in [2.45, 2.75) is 39.0 Å². The van der Waals surface area contributed by atoms with Gasteiger partial charge in [0.15, 0.2) is 0 Å². The zero-order chi connectivity index (χ0) is 19.1. The minimum Gasteiger partial charge on any atom is -0.378 e. The minimum absolute atomic E-state index is 0.0101. The molecular weight excluding hydrogens is 342 g/mol. The highest BCUT2D eigenvalue weighted by molar-refractivity contribution is 5.99. The summed E-state index contributed by atoms with van der Waals surface area (Å²) in [6, 6.07) is 5.22. The van der Waals surface area contributed by atoms with Gasteiger partial charge in [0.2, 0.25) is 0 Å². The third-order valence-corrected chi connectivity index (χ3v) is 5.23. The van der Waals surface area contributed by atoms with Gasteiger partial charge < -0.3 is 20.3 Å². The van der Waals surface area contributed by atoms with E-state index in [1.54, 1.807) is 4.90 Å². The molecule has 1 aliphatic heterocycles. The maximum absolute atomic E-state index is 12.7. The van der Waals surface area contributed by atoms with Gasteiger partial charge in [0.1, 0.15) is 0 Å². The molecule has 6 nitrogen and oxygen atoms in total. The summed E-state index contributed by atoms with van der Waals surface area (Å²) in [6.07, 6.45) is 8.03. The summed E-state index contributed by atoms with van der Waals surface area (Å²) in [5.74, 6) is -0.0101. The van der Waals surface area contributed by atoms with Crippen LogP contribution in [0.2, 0.25) is 0 Å². The zero-order valence-corrected chi connectivity index (χ0v) is 16.1. The number of benzene rings is 1. The molecule has 6 heteroatoms. The number of anilines is 1. The first-order chi connectivity index (χ1) is 13.1.